The number of nitrogens with one attached hydrogen (secondary N) is 2. The normalized spacial score (nSPS) is 17.0. The zero-order valence-electron chi connectivity index (χ0n) is 12.5. The standard InChI is InChI=1S/C15H19N5.2ClH/c1-11-4-2-8-17-14(11)20-15-18-9-6-13(19-15)12-5-3-7-16-10-12;;/h2,4,6,8-9,12,16H,3,5,7,10H2,1H3,(H,17,18,19,20);2*1H. The fraction of sp³-hybridized carbons (Fsp3) is 0.400. The Morgan fingerprint density at radius 2 is 2.05 bits per heavy atom. The Kier molecular flexibility index (Phi) is 7.51. The number of anilines is 2. The highest BCUT2D eigenvalue weighted by atomic mass is 35.5. The molecule has 2 N–H and O–H groups in total. The summed E-state index contributed by atoms with van der Waals surface area (Å²) in [4.78, 5) is 13.2. The van der Waals surface area contributed by atoms with Gasteiger partial charge in [-0.2, -0.15) is 0 Å². The van der Waals surface area contributed by atoms with E-state index < -0.39 is 0 Å². The summed E-state index contributed by atoms with van der Waals surface area (Å²) < 4.78 is 0. The van der Waals surface area contributed by atoms with Crippen LogP contribution in [0.15, 0.2) is 30.6 Å². The minimum Gasteiger partial charge on any atom is -0.316 e. The van der Waals surface area contributed by atoms with Crippen LogP contribution in [0.3, 0.4) is 0 Å². The lowest BCUT2D eigenvalue weighted by Crippen LogP contribution is -2.28. The number of nitrogens with zero attached hydrogens (tertiary/aromatic N) is 3. The first-order valence-electron chi connectivity index (χ1n) is 7.05. The van der Waals surface area contributed by atoms with Crippen molar-refractivity contribution in [2.75, 3.05) is 18.4 Å². The third-order valence-electron chi connectivity index (χ3n) is 3.63. The van der Waals surface area contributed by atoms with Crippen LogP contribution >= 0.6 is 24.8 Å². The first kappa shape index (κ1) is 18.6. The molecule has 0 spiro atoms. The molecular formula is C15H21Cl2N5. The fourth-order valence-electron chi connectivity index (χ4n) is 2.49. The van der Waals surface area contributed by atoms with Crippen molar-refractivity contribution in [3.63, 3.8) is 0 Å². The molecular weight excluding hydrogens is 321 g/mol. The molecule has 22 heavy (non-hydrogen) atoms. The van der Waals surface area contributed by atoms with Crippen molar-refractivity contribution in [1.29, 1.82) is 0 Å². The lowest BCUT2D eigenvalue weighted by Gasteiger charge is -2.22. The molecule has 0 aliphatic carbocycles. The minimum absolute atomic E-state index is 0. The Bertz CT molecular complexity index is 588. The quantitative estimate of drug-likeness (QED) is 0.897. The van der Waals surface area contributed by atoms with Crippen molar-refractivity contribution in [2.24, 2.45) is 0 Å². The number of rotatable bonds is 3. The van der Waals surface area contributed by atoms with Crippen LogP contribution in [0.5, 0.6) is 0 Å². The number of aryl methyl sites for hydroxylation is 1. The Hall–Kier alpha value is -1.43. The second kappa shape index (κ2) is 8.88. The van der Waals surface area contributed by atoms with E-state index in [0.29, 0.717) is 11.9 Å². The zero-order chi connectivity index (χ0) is 13.8. The van der Waals surface area contributed by atoms with Crippen molar-refractivity contribution in [3.05, 3.63) is 41.9 Å². The molecule has 1 aliphatic heterocycles. The number of pyridine rings is 1. The van der Waals surface area contributed by atoms with Gasteiger partial charge < -0.3 is 10.6 Å². The smallest absolute Gasteiger partial charge is 0.228 e. The van der Waals surface area contributed by atoms with Crippen LogP contribution in [0.25, 0.3) is 0 Å². The molecule has 0 aromatic carbocycles. The second-order valence-electron chi connectivity index (χ2n) is 5.14. The predicted molar refractivity (Wildman–Crippen MR) is 93.6 cm³/mol. The maximum absolute atomic E-state index is 4.63. The van der Waals surface area contributed by atoms with E-state index in [1.807, 2.05) is 31.3 Å². The van der Waals surface area contributed by atoms with E-state index in [1.54, 1.807) is 6.20 Å². The third-order valence-corrected chi connectivity index (χ3v) is 3.63. The molecule has 3 heterocycles. The highest BCUT2D eigenvalue weighted by Gasteiger charge is 2.17. The molecule has 0 amide bonds. The summed E-state index contributed by atoms with van der Waals surface area (Å²) in [5.41, 5.74) is 2.18. The maximum Gasteiger partial charge on any atom is 0.228 e. The first-order chi connectivity index (χ1) is 9.83. The summed E-state index contributed by atoms with van der Waals surface area (Å²) in [6, 6.07) is 5.95. The van der Waals surface area contributed by atoms with Gasteiger partial charge in [0.05, 0.1) is 5.69 Å². The van der Waals surface area contributed by atoms with Crippen molar-refractivity contribution in [3.8, 4) is 0 Å². The van der Waals surface area contributed by atoms with Crippen molar-refractivity contribution in [2.45, 2.75) is 25.7 Å². The molecule has 1 saturated heterocycles. The molecule has 2 aromatic rings. The van der Waals surface area contributed by atoms with Crippen LogP contribution in [0.2, 0.25) is 0 Å². The van der Waals surface area contributed by atoms with Crippen LogP contribution in [0.1, 0.15) is 30.0 Å². The number of piperidine rings is 1. The van der Waals surface area contributed by atoms with Gasteiger partial charge in [0.2, 0.25) is 5.95 Å². The lowest BCUT2D eigenvalue weighted by atomic mass is 9.96. The van der Waals surface area contributed by atoms with Gasteiger partial charge in [-0.15, -0.1) is 24.8 Å². The van der Waals surface area contributed by atoms with Crippen LogP contribution < -0.4 is 10.6 Å². The monoisotopic (exact) mass is 341 g/mol. The van der Waals surface area contributed by atoms with Gasteiger partial charge in [-0.3, -0.25) is 0 Å². The molecule has 5 nitrogen and oxygen atoms in total. The molecule has 1 unspecified atom stereocenters. The molecule has 1 atom stereocenters. The molecule has 120 valence electrons. The zero-order valence-corrected chi connectivity index (χ0v) is 14.1. The average Bonchev–Trinajstić information content (AvgIpc) is 2.51. The van der Waals surface area contributed by atoms with Gasteiger partial charge in [-0.1, -0.05) is 6.07 Å². The highest BCUT2D eigenvalue weighted by Crippen LogP contribution is 2.22. The lowest BCUT2D eigenvalue weighted by molar-refractivity contribution is 0.454. The highest BCUT2D eigenvalue weighted by molar-refractivity contribution is 5.85. The van der Waals surface area contributed by atoms with Crippen LogP contribution in [0, 0.1) is 6.92 Å². The second-order valence-corrected chi connectivity index (χ2v) is 5.14. The Morgan fingerprint density at radius 3 is 2.77 bits per heavy atom. The van der Waals surface area contributed by atoms with Crippen LogP contribution in [-0.4, -0.2) is 28.0 Å². The van der Waals surface area contributed by atoms with E-state index in [2.05, 4.69) is 25.6 Å². The van der Waals surface area contributed by atoms with Crippen LogP contribution in [-0.2, 0) is 0 Å². The number of aromatic nitrogens is 3. The van der Waals surface area contributed by atoms with Crippen molar-refractivity contribution in [1.82, 2.24) is 20.3 Å². The van der Waals surface area contributed by atoms with Gasteiger partial charge in [-0.25, -0.2) is 15.0 Å². The largest absolute Gasteiger partial charge is 0.316 e. The molecule has 0 radical (unpaired) electrons. The van der Waals surface area contributed by atoms with Crippen LogP contribution in [0.4, 0.5) is 11.8 Å². The summed E-state index contributed by atoms with van der Waals surface area (Å²) >= 11 is 0. The third kappa shape index (κ3) is 4.53. The fourth-order valence-corrected chi connectivity index (χ4v) is 2.49. The molecule has 3 rings (SSSR count). The first-order valence-corrected chi connectivity index (χ1v) is 7.05. The molecule has 0 saturated carbocycles. The topological polar surface area (TPSA) is 62.7 Å². The summed E-state index contributed by atoms with van der Waals surface area (Å²) in [5, 5.41) is 6.62. The predicted octanol–water partition coefficient (Wildman–Crippen LogP) is 3.23. The summed E-state index contributed by atoms with van der Waals surface area (Å²) in [7, 11) is 0. The Morgan fingerprint density at radius 1 is 1.18 bits per heavy atom. The van der Waals surface area contributed by atoms with Gasteiger partial charge in [0, 0.05) is 24.9 Å². The van der Waals surface area contributed by atoms with Gasteiger partial charge in [-0.05, 0) is 44.0 Å². The van der Waals surface area contributed by atoms with E-state index in [0.717, 1.165) is 30.2 Å². The summed E-state index contributed by atoms with van der Waals surface area (Å²) in [6.45, 7) is 4.13. The van der Waals surface area contributed by atoms with E-state index in [4.69, 9.17) is 0 Å². The van der Waals surface area contributed by atoms with Gasteiger partial charge in [0.15, 0.2) is 0 Å². The molecule has 7 heteroatoms. The minimum atomic E-state index is 0. The maximum atomic E-state index is 4.63. The summed E-state index contributed by atoms with van der Waals surface area (Å²) in [5.74, 6) is 1.92. The Labute approximate surface area is 143 Å². The number of hydrogen-bond donors (Lipinski definition) is 2. The molecule has 1 fully saturated rings. The number of hydrogen-bond acceptors (Lipinski definition) is 5. The average molecular weight is 342 g/mol. The van der Waals surface area contributed by atoms with Gasteiger partial charge in [0.1, 0.15) is 5.82 Å². The number of halogens is 2. The van der Waals surface area contributed by atoms with Crippen molar-refractivity contribution < 1.29 is 0 Å². The molecule has 2 aromatic heterocycles. The van der Waals surface area contributed by atoms with E-state index in [9.17, 15) is 0 Å². The van der Waals surface area contributed by atoms with E-state index in [1.165, 1.54) is 12.8 Å². The van der Waals surface area contributed by atoms with E-state index >= 15 is 0 Å². The molecule has 0 bridgehead atoms. The molecule has 1 aliphatic rings. The Balaban J connectivity index is 0.00000121. The SMILES string of the molecule is Cc1cccnc1Nc1nccc(C2CCCNC2)n1.Cl.Cl. The summed E-state index contributed by atoms with van der Waals surface area (Å²) in [6.07, 6.45) is 5.98. The van der Waals surface area contributed by atoms with E-state index in [-0.39, 0.29) is 24.8 Å². The van der Waals surface area contributed by atoms with Gasteiger partial charge in [0.25, 0.3) is 0 Å². The van der Waals surface area contributed by atoms with Gasteiger partial charge >= 0.3 is 0 Å². The van der Waals surface area contributed by atoms with Crippen molar-refractivity contribution >= 4 is 36.6 Å².